The van der Waals surface area contributed by atoms with Gasteiger partial charge in [0.1, 0.15) is 5.54 Å². The number of ether oxygens (including phenoxy) is 1. The quantitative estimate of drug-likeness (QED) is 0.632. The smallest absolute Gasteiger partial charge is 0.326 e. The van der Waals surface area contributed by atoms with E-state index in [0.29, 0.717) is 6.61 Å². The Morgan fingerprint density at radius 2 is 2.42 bits per heavy atom. The van der Waals surface area contributed by atoms with Crippen LogP contribution in [0.25, 0.3) is 0 Å². The highest BCUT2D eigenvalue weighted by molar-refractivity contribution is 5.82. The molecular weight excluding hydrogens is 154 g/mol. The third kappa shape index (κ3) is 1.46. The van der Waals surface area contributed by atoms with E-state index in [1.807, 2.05) is 6.92 Å². The summed E-state index contributed by atoms with van der Waals surface area (Å²) in [5, 5.41) is 3.30. The van der Waals surface area contributed by atoms with Crippen molar-refractivity contribution in [3.63, 3.8) is 0 Å². The Morgan fingerprint density at radius 3 is 2.92 bits per heavy atom. The van der Waals surface area contributed by atoms with E-state index in [9.17, 15) is 4.79 Å². The summed E-state index contributed by atoms with van der Waals surface area (Å²) in [4.78, 5) is 11.2. The molecule has 1 N–H and O–H groups in total. The van der Waals surface area contributed by atoms with Crippen LogP contribution < -0.4 is 5.32 Å². The number of carbonyl (C=O) groups excluding carboxylic acids is 1. The topological polar surface area (TPSA) is 38.3 Å². The molecule has 0 aromatic carbocycles. The minimum atomic E-state index is -0.386. The van der Waals surface area contributed by atoms with Gasteiger partial charge in [0.05, 0.1) is 6.61 Å². The number of hydrogen-bond donors (Lipinski definition) is 1. The van der Waals surface area contributed by atoms with Gasteiger partial charge in [-0.2, -0.15) is 0 Å². The average molecular weight is 169 g/mol. The molecule has 1 aliphatic carbocycles. The van der Waals surface area contributed by atoms with Crippen molar-refractivity contribution in [1.82, 2.24) is 5.32 Å². The molecule has 0 bridgehead atoms. The fourth-order valence-electron chi connectivity index (χ4n) is 1.46. The number of rotatable bonds is 3. The highest BCUT2D eigenvalue weighted by Crippen LogP contribution is 2.29. The van der Waals surface area contributed by atoms with Crippen molar-refractivity contribution in [2.45, 2.75) is 31.7 Å². The van der Waals surface area contributed by atoms with Crippen LogP contribution in [0.4, 0.5) is 0 Å². The van der Waals surface area contributed by atoms with Crippen molar-refractivity contribution in [1.29, 1.82) is 0 Å². The molecule has 1 unspecified atom stereocenters. The SMILES string of the molecule is CC1(NCC2CC2)CCOC1=O. The Labute approximate surface area is 72.5 Å². The lowest BCUT2D eigenvalue weighted by Gasteiger charge is -2.20. The van der Waals surface area contributed by atoms with Gasteiger partial charge in [0.15, 0.2) is 0 Å². The average Bonchev–Trinajstić information content (AvgIpc) is 2.79. The van der Waals surface area contributed by atoms with E-state index in [1.54, 1.807) is 0 Å². The lowest BCUT2D eigenvalue weighted by atomic mass is 10.0. The van der Waals surface area contributed by atoms with Gasteiger partial charge in [0.2, 0.25) is 0 Å². The first kappa shape index (κ1) is 8.05. The van der Waals surface area contributed by atoms with E-state index in [2.05, 4.69) is 5.32 Å². The first-order valence-corrected chi connectivity index (χ1v) is 4.63. The van der Waals surface area contributed by atoms with E-state index >= 15 is 0 Å². The van der Waals surface area contributed by atoms with Gasteiger partial charge >= 0.3 is 5.97 Å². The van der Waals surface area contributed by atoms with Gasteiger partial charge in [-0.15, -0.1) is 0 Å². The highest BCUT2D eigenvalue weighted by Gasteiger charge is 2.40. The van der Waals surface area contributed by atoms with E-state index in [1.165, 1.54) is 12.8 Å². The number of nitrogens with one attached hydrogen (secondary N) is 1. The van der Waals surface area contributed by atoms with Crippen molar-refractivity contribution in [2.75, 3.05) is 13.2 Å². The van der Waals surface area contributed by atoms with Gasteiger partial charge in [-0.25, -0.2) is 0 Å². The summed E-state index contributed by atoms with van der Waals surface area (Å²) in [6.45, 7) is 3.49. The molecule has 0 amide bonds. The third-order valence-corrected chi connectivity index (χ3v) is 2.76. The molecule has 3 nitrogen and oxygen atoms in total. The predicted molar refractivity (Wildman–Crippen MR) is 44.7 cm³/mol. The molecule has 68 valence electrons. The molecule has 2 rings (SSSR count). The highest BCUT2D eigenvalue weighted by atomic mass is 16.5. The Morgan fingerprint density at radius 1 is 1.67 bits per heavy atom. The summed E-state index contributed by atoms with van der Waals surface area (Å²) >= 11 is 0. The molecule has 1 saturated carbocycles. The van der Waals surface area contributed by atoms with Crippen LogP contribution in [0.5, 0.6) is 0 Å². The number of cyclic esters (lactones) is 1. The standard InChI is InChI=1S/C9H15NO2/c1-9(4-5-12-8(9)11)10-6-7-2-3-7/h7,10H,2-6H2,1H3. The lowest BCUT2D eigenvalue weighted by molar-refractivity contribution is -0.142. The molecule has 0 spiro atoms. The lowest BCUT2D eigenvalue weighted by Crippen LogP contribution is -2.47. The molecule has 2 fully saturated rings. The third-order valence-electron chi connectivity index (χ3n) is 2.76. The Kier molecular flexibility index (Phi) is 1.83. The van der Waals surface area contributed by atoms with Gasteiger partial charge in [-0.3, -0.25) is 4.79 Å². The van der Waals surface area contributed by atoms with Crippen molar-refractivity contribution >= 4 is 5.97 Å². The second-order valence-corrected chi connectivity index (χ2v) is 4.04. The molecule has 1 saturated heterocycles. The van der Waals surface area contributed by atoms with E-state index in [-0.39, 0.29) is 11.5 Å². The van der Waals surface area contributed by atoms with E-state index < -0.39 is 0 Å². The van der Waals surface area contributed by atoms with Gasteiger partial charge in [0, 0.05) is 6.42 Å². The van der Waals surface area contributed by atoms with E-state index in [0.717, 1.165) is 18.9 Å². The van der Waals surface area contributed by atoms with Crippen LogP contribution in [0.3, 0.4) is 0 Å². The molecular formula is C9H15NO2. The van der Waals surface area contributed by atoms with Crippen LogP contribution in [0, 0.1) is 5.92 Å². The largest absolute Gasteiger partial charge is 0.464 e. The second kappa shape index (κ2) is 2.73. The fraction of sp³-hybridized carbons (Fsp3) is 0.889. The Hall–Kier alpha value is -0.570. The van der Waals surface area contributed by atoms with Crippen LogP contribution in [0.2, 0.25) is 0 Å². The predicted octanol–water partition coefficient (Wildman–Crippen LogP) is 0.692. The molecule has 1 aliphatic heterocycles. The van der Waals surface area contributed by atoms with Gasteiger partial charge in [0.25, 0.3) is 0 Å². The van der Waals surface area contributed by atoms with Gasteiger partial charge in [-0.05, 0) is 32.2 Å². The van der Waals surface area contributed by atoms with Crippen LogP contribution >= 0.6 is 0 Å². The maximum atomic E-state index is 11.2. The second-order valence-electron chi connectivity index (χ2n) is 4.04. The molecule has 1 atom stereocenters. The minimum absolute atomic E-state index is 0.0804. The molecule has 12 heavy (non-hydrogen) atoms. The van der Waals surface area contributed by atoms with Gasteiger partial charge < -0.3 is 10.1 Å². The van der Waals surface area contributed by atoms with Crippen LogP contribution in [-0.4, -0.2) is 24.7 Å². The first-order valence-electron chi connectivity index (χ1n) is 4.63. The van der Waals surface area contributed by atoms with Crippen molar-refractivity contribution in [2.24, 2.45) is 5.92 Å². The van der Waals surface area contributed by atoms with Crippen LogP contribution in [0.1, 0.15) is 26.2 Å². The maximum absolute atomic E-state index is 11.2. The summed E-state index contributed by atoms with van der Waals surface area (Å²) in [7, 11) is 0. The monoisotopic (exact) mass is 169 g/mol. The molecule has 0 aromatic heterocycles. The Bertz CT molecular complexity index is 201. The summed E-state index contributed by atoms with van der Waals surface area (Å²) in [6.07, 6.45) is 3.45. The summed E-state index contributed by atoms with van der Waals surface area (Å²) in [6, 6.07) is 0. The molecule has 0 radical (unpaired) electrons. The summed E-state index contributed by atoms with van der Waals surface area (Å²) in [5.41, 5.74) is -0.386. The first-order chi connectivity index (χ1) is 5.71. The zero-order valence-corrected chi connectivity index (χ0v) is 7.43. The van der Waals surface area contributed by atoms with E-state index in [4.69, 9.17) is 4.74 Å². The van der Waals surface area contributed by atoms with Crippen LogP contribution in [-0.2, 0) is 9.53 Å². The fourth-order valence-corrected chi connectivity index (χ4v) is 1.46. The number of carbonyl (C=O) groups is 1. The zero-order valence-electron chi connectivity index (χ0n) is 7.43. The summed E-state index contributed by atoms with van der Waals surface area (Å²) in [5.74, 6) is 0.735. The zero-order chi connectivity index (χ0) is 8.60. The Balaban J connectivity index is 1.86. The van der Waals surface area contributed by atoms with Gasteiger partial charge in [-0.1, -0.05) is 0 Å². The number of hydrogen-bond acceptors (Lipinski definition) is 3. The minimum Gasteiger partial charge on any atom is -0.464 e. The molecule has 3 heteroatoms. The number of esters is 1. The van der Waals surface area contributed by atoms with Crippen molar-refractivity contribution in [3.05, 3.63) is 0 Å². The maximum Gasteiger partial charge on any atom is 0.326 e. The van der Waals surface area contributed by atoms with Crippen molar-refractivity contribution < 1.29 is 9.53 Å². The summed E-state index contributed by atoms with van der Waals surface area (Å²) < 4.78 is 4.92. The normalized spacial score (nSPS) is 35.2. The molecule has 1 heterocycles. The molecule has 2 aliphatic rings. The molecule has 0 aromatic rings. The van der Waals surface area contributed by atoms with Crippen LogP contribution in [0.15, 0.2) is 0 Å². The van der Waals surface area contributed by atoms with Crippen molar-refractivity contribution in [3.8, 4) is 0 Å².